The third-order valence-corrected chi connectivity index (χ3v) is 4.98. The molecule has 5 nitrogen and oxygen atoms in total. The predicted molar refractivity (Wildman–Crippen MR) is 100 cm³/mol. The number of nitrogens with one attached hydrogen (secondary N) is 1. The first-order chi connectivity index (χ1) is 12.1. The van der Waals surface area contributed by atoms with Gasteiger partial charge in [-0.3, -0.25) is 10.2 Å². The zero-order chi connectivity index (χ0) is 17.6. The summed E-state index contributed by atoms with van der Waals surface area (Å²) < 4.78 is 0. The van der Waals surface area contributed by atoms with Crippen LogP contribution in [0.3, 0.4) is 0 Å². The number of benzene rings is 1. The van der Waals surface area contributed by atoms with E-state index < -0.39 is 0 Å². The lowest BCUT2D eigenvalue weighted by Gasteiger charge is -2.41. The molecule has 0 radical (unpaired) electrons. The molecule has 1 aliphatic heterocycles. The van der Waals surface area contributed by atoms with E-state index in [2.05, 4.69) is 46.4 Å². The van der Waals surface area contributed by atoms with Crippen molar-refractivity contribution in [2.75, 3.05) is 18.9 Å². The predicted octanol–water partition coefficient (Wildman–Crippen LogP) is 3.60. The lowest BCUT2D eigenvalue weighted by Crippen LogP contribution is -2.50. The number of aromatic nitrogens is 1. The van der Waals surface area contributed by atoms with Crippen LogP contribution in [0.5, 0.6) is 0 Å². The molecule has 0 saturated carbocycles. The molecule has 2 aromatic rings. The van der Waals surface area contributed by atoms with Crippen molar-refractivity contribution < 1.29 is 4.79 Å². The average Bonchev–Trinajstić information content (AvgIpc) is 2.64. The summed E-state index contributed by atoms with van der Waals surface area (Å²) in [4.78, 5) is 20.9. The van der Waals surface area contributed by atoms with E-state index in [1.54, 1.807) is 12.3 Å². The molecule has 1 aromatic carbocycles. The molecule has 0 aliphatic carbocycles. The van der Waals surface area contributed by atoms with Crippen LogP contribution in [-0.4, -0.2) is 46.5 Å². The molecule has 1 N–H and O–H groups in total. The second-order valence-corrected chi connectivity index (χ2v) is 6.74. The molecule has 0 spiro atoms. The van der Waals surface area contributed by atoms with Gasteiger partial charge in [-0.15, -0.1) is 0 Å². The fourth-order valence-corrected chi connectivity index (χ4v) is 3.40. The number of carbonyl (C=O) groups excluding carboxylic acids is 1. The van der Waals surface area contributed by atoms with E-state index in [4.69, 9.17) is 0 Å². The molecule has 2 heterocycles. The third kappa shape index (κ3) is 4.57. The molecule has 2 amide bonds. The number of likely N-dealkylation sites (tertiary alicyclic amines) is 1. The molecule has 5 heteroatoms. The van der Waals surface area contributed by atoms with Crippen LogP contribution in [-0.2, 0) is 6.54 Å². The van der Waals surface area contributed by atoms with Crippen molar-refractivity contribution in [2.45, 2.75) is 38.4 Å². The van der Waals surface area contributed by atoms with Crippen LogP contribution >= 0.6 is 0 Å². The van der Waals surface area contributed by atoms with Crippen LogP contribution in [0.2, 0.25) is 0 Å². The van der Waals surface area contributed by atoms with Gasteiger partial charge in [-0.25, -0.2) is 9.78 Å². The van der Waals surface area contributed by atoms with Crippen molar-refractivity contribution >= 4 is 11.8 Å². The Morgan fingerprint density at radius 2 is 2.00 bits per heavy atom. The van der Waals surface area contributed by atoms with Gasteiger partial charge in [0.1, 0.15) is 5.82 Å². The maximum atomic E-state index is 12.5. The summed E-state index contributed by atoms with van der Waals surface area (Å²) in [5.41, 5.74) is 1.34. The molecule has 0 bridgehead atoms. The van der Waals surface area contributed by atoms with Gasteiger partial charge in [0.25, 0.3) is 0 Å². The largest absolute Gasteiger partial charge is 0.324 e. The summed E-state index contributed by atoms with van der Waals surface area (Å²) >= 11 is 0. The quantitative estimate of drug-likeness (QED) is 0.927. The van der Waals surface area contributed by atoms with Crippen molar-refractivity contribution in [1.29, 1.82) is 0 Å². The number of piperidine rings is 1. The molecule has 25 heavy (non-hydrogen) atoms. The molecule has 1 aliphatic rings. The molecule has 1 aromatic heterocycles. The van der Waals surface area contributed by atoms with Crippen molar-refractivity contribution in [3.8, 4) is 0 Å². The van der Waals surface area contributed by atoms with Gasteiger partial charge in [0.2, 0.25) is 0 Å². The monoisotopic (exact) mass is 338 g/mol. The van der Waals surface area contributed by atoms with Gasteiger partial charge in [0.05, 0.1) is 0 Å². The van der Waals surface area contributed by atoms with Gasteiger partial charge in [-0.2, -0.15) is 0 Å². The summed E-state index contributed by atoms with van der Waals surface area (Å²) in [6.07, 6.45) is 3.65. The Morgan fingerprint density at radius 3 is 2.68 bits per heavy atom. The van der Waals surface area contributed by atoms with E-state index in [1.807, 2.05) is 30.1 Å². The van der Waals surface area contributed by atoms with Crippen molar-refractivity contribution in [3.05, 3.63) is 60.3 Å². The van der Waals surface area contributed by atoms with Crippen molar-refractivity contribution in [2.24, 2.45) is 0 Å². The lowest BCUT2D eigenvalue weighted by atomic mass is 9.96. The highest BCUT2D eigenvalue weighted by Crippen LogP contribution is 2.23. The fraction of sp³-hybridized carbons (Fsp3) is 0.400. The highest BCUT2D eigenvalue weighted by molar-refractivity contribution is 5.88. The van der Waals surface area contributed by atoms with E-state index in [1.165, 1.54) is 5.56 Å². The van der Waals surface area contributed by atoms with Gasteiger partial charge in [-0.1, -0.05) is 36.4 Å². The summed E-state index contributed by atoms with van der Waals surface area (Å²) in [5, 5.41) is 2.87. The Morgan fingerprint density at radius 1 is 1.24 bits per heavy atom. The number of amides is 2. The molecule has 1 saturated heterocycles. The van der Waals surface area contributed by atoms with E-state index in [-0.39, 0.29) is 12.1 Å². The minimum atomic E-state index is -0.0904. The van der Waals surface area contributed by atoms with Gasteiger partial charge in [0, 0.05) is 38.4 Å². The molecule has 1 fully saturated rings. The zero-order valence-electron chi connectivity index (χ0n) is 14.9. The van der Waals surface area contributed by atoms with Gasteiger partial charge < -0.3 is 4.90 Å². The minimum absolute atomic E-state index is 0.0904. The minimum Gasteiger partial charge on any atom is -0.324 e. The van der Waals surface area contributed by atoms with Crippen molar-refractivity contribution in [1.82, 2.24) is 14.8 Å². The maximum absolute atomic E-state index is 12.5. The molecular formula is C20H26N4O. The second kappa shape index (κ2) is 8.12. The van der Waals surface area contributed by atoms with Crippen LogP contribution in [0.1, 0.15) is 25.3 Å². The SMILES string of the molecule is C[C@H]1C[C@@H](N(C)C(=O)Nc2ccccn2)CCN1Cc1ccccc1. The molecule has 2 atom stereocenters. The van der Waals surface area contributed by atoms with E-state index in [0.717, 1.165) is 25.9 Å². The van der Waals surface area contributed by atoms with Crippen LogP contribution in [0.15, 0.2) is 54.7 Å². The first-order valence-corrected chi connectivity index (χ1v) is 8.86. The number of hydrogen-bond acceptors (Lipinski definition) is 3. The number of nitrogens with zero attached hydrogens (tertiary/aromatic N) is 3. The number of carbonyl (C=O) groups is 1. The van der Waals surface area contributed by atoms with Gasteiger partial charge in [0.15, 0.2) is 0 Å². The third-order valence-electron chi connectivity index (χ3n) is 4.98. The number of rotatable bonds is 4. The Labute approximate surface area is 149 Å². The van der Waals surface area contributed by atoms with Crippen LogP contribution < -0.4 is 5.32 Å². The highest BCUT2D eigenvalue weighted by atomic mass is 16.2. The van der Waals surface area contributed by atoms with Crippen LogP contribution in [0.4, 0.5) is 10.6 Å². The Bertz CT molecular complexity index is 677. The Balaban J connectivity index is 1.54. The normalized spacial score (nSPS) is 20.9. The van der Waals surface area contributed by atoms with Gasteiger partial charge >= 0.3 is 6.03 Å². The van der Waals surface area contributed by atoms with Gasteiger partial charge in [-0.05, 0) is 37.5 Å². The summed E-state index contributed by atoms with van der Waals surface area (Å²) in [6.45, 7) is 4.22. The average molecular weight is 338 g/mol. The Hall–Kier alpha value is -2.40. The highest BCUT2D eigenvalue weighted by Gasteiger charge is 2.29. The van der Waals surface area contributed by atoms with E-state index in [9.17, 15) is 4.79 Å². The molecule has 0 unspecified atom stereocenters. The zero-order valence-corrected chi connectivity index (χ0v) is 14.9. The number of urea groups is 1. The van der Waals surface area contributed by atoms with Crippen LogP contribution in [0.25, 0.3) is 0 Å². The van der Waals surface area contributed by atoms with E-state index in [0.29, 0.717) is 11.9 Å². The number of anilines is 1. The molecule has 132 valence electrons. The Kier molecular flexibility index (Phi) is 5.66. The summed E-state index contributed by atoms with van der Waals surface area (Å²) in [7, 11) is 1.88. The smallest absolute Gasteiger partial charge is 0.323 e. The first kappa shape index (κ1) is 17.4. The standard InChI is InChI=1S/C20H26N4O/c1-16-14-18(11-13-24(16)15-17-8-4-3-5-9-17)23(2)20(25)22-19-10-6-7-12-21-19/h3-10,12,16,18H,11,13-15H2,1-2H3,(H,21,22,25)/t16-,18-/m0/s1. The lowest BCUT2D eigenvalue weighted by molar-refractivity contribution is 0.0942. The summed E-state index contributed by atoms with van der Waals surface area (Å²) in [5.74, 6) is 0.592. The maximum Gasteiger partial charge on any atom is 0.323 e. The van der Waals surface area contributed by atoms with Crippen LogP contribution in [0, 0.1) is 0 Å². The topological polar surface area (TPSA) is 48.5 Å². The first-order valence-electron chi connectivity index (χ1n) is 8.86. The number of pyridine rings is 1. The summed E-state index contributed by atoms with van der Waals surface area (Å²) in [6, 6.07) is 16.7. The fourth-order valence-electron chi connectivity index (χ4n) is 3.40. The van der Waals surface area contributed by atoms with E-state index >= 15 is 0 Å². The molecular weight excluding hydrogens is 312 g/mol. The number of hydrogen-bond donors (Lipinski definition) is 1. The second-order valence-electron chi connectivity index (χ2n) is 6.74. The molecule has 3 rings (SSSR count). The van der Waals surface area contributed by atoms with Crippen molar-refractivity contribution in [3.63, 3.8) is 0 Å².